The molecule has 0 spiro atoms. The van der Waals surface area contributed by atoms with E-state index in [-0.39, 0.29) is 18.9 Å². The fourth-order valence-electron chi connectivity index (χ4n) is 1.44. The van der Waals surface area contributed by atoms with Crippen LogP contribution in [-0.4, -0.2) is 30.3 Å². The van der Waals surface area contributed by atoms with E-state index >= 15 is 0 Å². The molecule has 0 heterocycles. The Morgan fingerprint density at radius 2 is 1.90 bits per heavy atom. The molecule has 0 saturated heterocycles. The zero-order valence-electron chi connectivity index (χ0n) is 10.8. The molecule has 1 aromatic rings. The summed E-state index contributed by atoms with van der Waals surface area (Å²) in [5.41, 5.74) is 5.52. The summed E-state index contributed by atoms with van der Waals surface area (Å²) in [7, 11) is 0. The summed E-state index contributed by atoms with van der Waals surface area (Å²) in [4.78, 5) is 34.3. The second kappa shape index (κ2) is 7.59. The van der Waals surface area contributed by atoms with Crippen molar-refractivity contribution in [3.63, 3.8) is 0 Å². The van der Waals surface area contributed by atoms with Crippen LogP contribution in [0.5, 0.6) is 0 Å². The van der Waals surface area contributed by atoms with Crippen molar-refractivity contribution in [2.75, 3.05) is 6.54 Å². The molecule has 20 heavy (non-hydrogen) atoms. The fraction of sp³-hybridized carbons (Fsp3) is 0.214. The molecule has 6 heteroatoms. The second-order valence-electron chi connectivity index (χ2n) is 3.98. The van der Waals surface area contributed by atoms with Crippen LogP contribution in [0, 0.1) is 12.3 Å². The molecule has 0 unspecified atom stereocenters. The minimum Gasteiger partial charge on any atom is -0.368 e. The lowest BCUT2D eigenvalue weighted by molar-refractivity contribution is -0.126. The standard InChI is InChI=1S/C14H15N3O3/c1-2-6-11(13(15)19)17-12(18)9-16-14(20)10-7-4-3-5-8-10/h1,3-5,7-8,11H,6,9H2,(H2,15,19)(H,16,20)(H,17,18)/t11-/m1/s1. The Hall–Kier alpha value is -2.81. The lowest BCUT2D eigenvalue weighted by Crippen LogP contribution is -2.47. The largest absolute Gasteiger partial charge is 0.368 e. The van der Waals surface area contributed by atoms with Crippen molar-refractivity contribution < 1.29 is 14.4 Å². The molecule has 0 aliphatic heterocycles. The van der Waals surface area contributed by atoms with Gasteiger partial charge in [0.25, 0.3) is 5.91 Å². The van der Waals surface area contributed by atoms with Gasteiger partial charge in [0.1, 0.15) is 6.04 Å². The highest BCUT2D eigenvalue weighted by Crippen LogP contribution is 1.97. The third kappa shape index (κ3) is 4.82. The smallest absolute Gasteiger partial charge is 0.251 e. The number of primary amides is 1. The molecular formula is C14H15N3O3. The van der Waals surface area contributed by atoms with E-state index in [1.807, 2.05) is 0 Å². The SMILES string of the molecule is C#CC[C@@H](NC(=O)CNC(=O)c1ccccc1)C(N)=O. The monoisotopic (exact) mass is 273 g/mol. The van der Waals surface area contributed by atoms with Gasteiger partial charge in [-0.15, -0.1) is 12.3 Å². The molecule has 4 N–H and O–H groups in total. The van der Waals surface area contributed by atoms with Gasteiger partial charge in [0.05, 0.1) is 6.54 Å². The highest BCUT2D eigenvalue weighted by Gasteiger charge is 2.17. The van der Waals surface area contributed by atoms with Crippen LogP contribution in [0.2, 0.25) is 0 Å². The Bertz CT molecular complexity index is 534. The van der Waals surface area contributed by atoms with E-state index in [2.05, 4.69) is 16.6 Å². The molecule has 0 bridgehead atoms. The molecule has 6 nitrogen and oxygen atoms in total. The summed E-state index contributed by atoms with van der Waals surface area (Å²) in [6.07, 6.45) is 5.07. The topological polar surface area (TPSA) is 101 Å². The van der Waals surface area contributed by atoms with Crippen LogP contribution in [0.4, 0.5) is 0 Å². The Labute approximate surface area is 116 Å². The predicted octanol–water partition coefficient (Wildman–Crippen LogP) is -0.590. The van der Waals surface area contributed by atoms with Gasteiger partial charge in [-0.25, -0.2) is 0 Å². The number of hydrogen-bond acceptors (Lipinski definition) is 3. The first-order chi connectivity index (χ1) is 9.54. The maximum atomic E-state index is 11.7. The van der Waals surface area contributed by atoms with Crippen molar-refractivity contribution in [3.8, 4) is 12.3 Å². The molecule has 1 rings (SSSR count). The van der Waals surface area contributed by atoms with E-state index in [1.54, 1.807) is 30.3 Å². The number of nitrogens with one attached hydrogen (secondary N) is 2. The van der Waals surface area contributed by atoms with Crippen molar-refractivity contribution in [2.24, 2.45) is 5.73 Å². The van der Waals surface area contributed by atoms with Gasteiger partial charge in [0, 0.05) is 12.0 Å². The summed E-state index contributed by atoms with van der Waals surface area (Å²) in [5.74, 6) is 0.610. The first-order valence-electron chi connectivity index (χ1n) is 5.90. The van der Waals surface area contributed by atoms with E-state index in [4.69, 9.17) is 12.2 Å². The van der Waals surface area contributed by atoms with E-state index in [9.17, 15) is 14.4 Å². The van der Waals surface area contributed by atoms with Crippen LogP contribution in [0.25, 0.3) is 0 Å². The number of carbonyl (C=O) groups is 3. The maximum Gasteiger partial charge on any atom is 0.251 e. The Kier molecular flexibility index (Phi) is 5.78. The first-order valence-corrected chi connectivity index (χ1v) is 5.90. The van der Waals surface area contributed by atoms with Gasteiger partial charge in [0.2, 0.25) is 11.8 Å². The Morgan fingerprint density at radius 1 is 1.25 bits per heavy atom. The third-order valence-corrected chi connectivity index (χ3v) is 2.45. The molecule has 3 amide bonds. The van der Waals surface area contributed by atoms with Gasteiger partial charge < -0.3 is 16.4 Å². The lowest BCUT2D eigenvalue weighted by Gasteiger charge is -2.13. The Morgan fingerprint density at radius 3 is 2.45 bits per heavy atom. The highest BCUT2D eigenvalue weighted by molar-refractivity contribution is 5.97. The van der Waals surface area contributed by atoms with Crippen LogP contribution in [0.3, 0.4) is 0 Å². The molecule has 0 aromatic heterocycles. The van der Waals surface area contributed by atoms with Crippen molar-refractivity contribution in [1.82, 2.24) is 10.6 Å². The van der Waals surface area contributed by atoms with Crippen LogP contribution in [0.1, 0.15) is 16.8 Å². The highest BCUT2D eigenvalue weighted by atomic mass is 16.2. The molecule has 0 aliphatic carbocycles. The van der Waals surface area contributed by atoms with Crippen molar-refractivity contribution in [1.29, 1.82) is 0 Å². The average Bonchev–Trinajstić information content (AvgIpc) is 2.45. The molecule has 1 atom stereocenters. The molecule has 0 saturated carbocycles. The fourth-order valence-corrected chi connectivity index (χ4v) is 1.44. The van der Waals surface area contributed by atoms with Gasteiger partial charge in [-0.1, -0.05) is 18.2 Å². The van der Waals surface area contributed by atoms with Gasteiger partial charge in [-0.2, -0.15) is 0 Å². The maximum absolute atomic E-state index is 11.7. The Balaban J connectivity index is 2.46. The van der Waals surface area contributed by atoms with Crippen LogP contribution in [-0.2, 0) is 9.59 Å². The minimum atomic E-state index is -0.930. The second-order valence-corrected chi connectivity index (χ2v) is 3.98. The van der Waals surface area contributed by atoms with E-state index in [0.29, 0.717) is 5.56 Å². The van der Waals surface area contributed by atoms with Gasteiger partial charge in [0.15, 0.2) is 0 Å². The third-order valence-electron chi connectivity index (χ3n) is 2.45. The normalized spacial score (nSPS) is 10.9. The van der Waals surface area contributed by atoms with E-state index < -0.39 is 17.9 Å². The van der Waals surface area contributed by atoms with Crippen molar-refractivity contribution in [2.45, 2.75) is 12.5 Å². The lowest BCUT2D eigenvalue weighted by atomic mass is 10.2. The number of amides is 3. The zero-order valence-corrected chi connectivity index (χ0v) is 10.8. The summed E-state index contributed by atoms with van der Waals surface area (Å²) in [6.45, 7) is -0.262. The average molecular weight is 273 g/mol. The van der Waals surface area contributed by atoms with E-state index in [1.165, 1.54) is 0 Å². The number of nitrogens with two attached hydrogens (primary N) is 1. The zero-order chi connectivity index (χ0) is 15.0. The number of benzene rings is 1. The minimum absolute atomic E-state index is 0.00764. The van der Waals surface area contributed by atoms with Gasteiger partial charge in [-0.05, 0) is 12.1 Å². The molecular weight excluding hydrogens is 258 g/mol. The quantitative estimate of drug-likeness (QED) is 0.604. The molecule has 0 fully saturated rings. The molecule has 0 aliphatic rings. The number of carbonyl (C=O) groups excluding carboxylic acids is 3. The number of terminal acetylenes is 1. The summed E-state index contributed by atoms with van der Waals surface area (Å²) in [6, 6.07) is 7.52. The van der Waals surface area contributed by atoms with Gasteiger partial charge >= 0.3 is 0 Å². The van der Waals surface area contributed by atoms with Crippen LogP contribution >= 0.6 is 0 Å². The summed E-state index contributed by atoms with van der Waals surface area (Å²) < 4.78 is 0. The molecule has 0 radical (unpaired) electrons. The molecule has 104 valence electrons. The van der Waals surface area contributed by atoms with Crippen LogP contribution in [0.15, 0.2) is 30.3 Å². The summed E-state index contributed by atoms with van der Waals surface area (Å²) in [5, 5.41) is 4.78. The summed E-state index contributed by atoms with van der Waals surface area (Å²) >= 11 is 0. The first kappa shape index (κ1) is 15.2. The molecule has 1 aromatic carbocycles. The number of hydrogen-bond donors (Lipinski definition) is 3. The van der Waals surface area contributed by atoms with Crippen molar-refractivity contribution in [3.05, 3.63) is 35.9 Å². The van der Waals surface area contributed by atoms with E-state index in [0.717, 1.165) is 0 Å². The predicted molar refractivity (Wildman–Crippen MR) is 73.4 cm³/mol. The van der Waals surface area contributed by atoms with Crippen molar-refractivity contribution >= 4 is 17.7 Å². The number of rotatable bonds is 6. The van der Waals surface area contributed by atoms with Gasteiger partial charge in [-0.3, -0.25) is 14.4 Å². The van der Waals surface area contributed by atoms with Crippen LogP contribution < -0.4 is 16.4 Å².